The lowest BCUT2D eigenvalue weighted by Gasteiger charge is -2.24. The molecule has 2 aliphatic rings. The zero-order chi connectivity index (χ0) is 19.1. The first kappa shape index (κ1) is 19.7. The fourth-order valence-electron chi connectivity index (χ4n) is 4.25. The van der Waals surface area contributed by atoms with Crippen molar-refractivity contribution < 1.29 is 14.3 Å². The Kier molecular flexibility index (Phi) is 7.13. The number of hydrogen-bond donors (Lipinski definition) is 0. The molecule has 1 saturated carbocycles. The van der Waals surface area contributed by atoms with Gasteiger partial charge in [-0.3, -0.25) is 9.59 Å². The SMILES string of the molecule is COc1ccc(C(=O)N2CCCN(C(=O)CCC3CCCCC3)CC2)cc1. The molecule has 2 amide bonds. The predicted molar refractivity (Wildman–Crippen MR) is 106 cm³/mol. The number of amides is 2. The summed E-state index contributed by atoms with van der Waals surface area (Å²) < 4.78 is 5.15. The smallest absolute Gasteiger partial charge is 0.253 e. The zero-order valence-electron chi connectivity index (χ0n) is 16.5. The van der Waals surface area contributed by atoms with Crippen LogP contribution in [0.2, 0.25) is 0 Å². The molecule has 0 N–H and O–H groups in total. The van der Waals surface area contributed by atoms with Crippen LogP contribution >= 0.6 is 0 Å². The molecule has 0 unspecified atom stereocenters. The molecule has 3 rings (SSSR count). The lowest BCUT2D eigenvalue weighted by Crippen LogP contribution is -2.37. The van der Waals surface area contributed by atoms with Crippen molar-refractivity contribution in [3.63, 3.8) is 0 Å². The van der Waals surface area contributed by atoms with Crippen molar-refractivity contribution in [1.82, 2.24) is 9.80 Å². The molecule has 5 nitrogen and oxygen atoms in total. The molecule has 1 saturated heterocycles. The summed E-state index contributed by atoms with van der Waals surface area (Å²) in [5.41, 5.74) is 0.674. The number of benzene rings is 1. The van der Waals surface area contributed by atoms with Crippen LogP contribution in [0.3, 0.4) is 0 Å². The molecule has 27 heavy (non-hydrogen) atoms. The van der Waals surface area contributed by atoms with E-state index in [9.17, 15) is 9.59 Å². The first-order chi connectivity index (χ1) is 13.2. The van der Waals surface area contributed by atoms with E-state index < -0.39 is 0 Å². The first-order valence-corrected chi connectivity index (χ1v) is 10.4. The second-order valence-electron chi connectivity index (χ2n) is 7.80. The normalized spacial score (nSPS) is 18.9. The summed E-state index contributed by atoms with van der Waals surface area (Å²) in [6.45, 7) is 2.72. The minimum absolute atomic E-state index is 0.0363. The van der Waals surface area contributed by atoms with Crippen LogP contribution in [0.15, 0.2) is 24.3 Å². The molecule has 0 atom stereocenters. The third-order valence-corrected chi connectivity index (χ3v) is 5.96. The molecule has 0 aromatic heterocycles. The van der Waals surface area contributed by atoms with Gasteiger partial charge in [-0.2, -0.15) is 0 Å². The maximum Gasteiger partial charge on any atom is 0.253 e. The third-order valence-electron chi connectivity index (χ3n) is 5.96. The largest absolute Gasteiger partial charge is 0.497 e. The molecule has 0 spiro atoms. The summed E-state index contributed by atoms with van der Waals surface area (Å²) in [6, 6.07) is 7.23. The number of carbonyl (C=O) groups is 2. The van der Waals surface area contributed by atoms with Gasteiger partial charge in [0.1, 0.15) is 5.75 Å². The topological polar surface area (TPSA) is 49.9 Å². The van der Waals surface area contributed by atoms with E-state index in [1.165, 1.54) is 32.1 Å². The predicted octanol–water partition coefficient (Wildman–Crippen LogP) is 3.73. The molecule has 1 aromatic rings. The molecule has 1 heterocycles. The monoisotopic (exact) mass is 372 g/mol. The third kappa shape index (κ3) is 5.47. The van der Waals surface area contributed by atoms with Gasteiger partial charge in [0, 0.05) is 38.2 Å². The van der Waals surface area contributed by atoms with Crippen LogP contribution in [-0.2, 0) is 4.79 Å². The van der Waals surface area contributed by atoms with Crippen molar-refractivity contribution in [2.75, 3.05) is 33.3 Å². The number of hydrogen-bond acceptors (Lipinski definition) is 3. The van der Waals surface area contributed by atoms with Gasteiger partial charge in [0.05, 0.1) is 7.11 Å². The zero-order valence-corrected chi connectivity index (χ0v) is 16.5. The standard InChI is InChI=1S/C22H32N2O3/c1-27-20-11-9-19(10-12-20)22(26)24-15-5-14-23(16-17-24)21(25)13-8-18-6-3-2-4-7-18/h9-12,18H,2-8,13-17H2,1H3. The van der Waals surface area contributed by atoms with Crippen molar-refractivity contribution in [3.8, 4) is 5.75 Å². The number of carbonyl (C=O) groups excluding carboxylic acids is 2. The highest BCUT2D eigenvalue weighted by Gasteiger charge is 2.23. The van der Waals surface area contributed by atoms with E-state index in [1.807, 2.05) is 21.9 Å². The summed E-state index contributed by atoms with van der Waals surface area (Å²) in [6.07, 6.45) is 9.12. The molecular formula is C22H32N2O3. The van der Waals surface area contributed by atoms with E-state index in [2.05, 4.69) is 0 Å². The average Bonchev–Trinajstić information content (AvgIpc) is 2.98. The number of ether oxygens (including phenoxy) is 1. The van der Waals surface area contributed by atoms with Gasteiger partial charge in [-0.1, -0.05) is 32.1 Å². The van der Waals surface area contributed by atoms with Crippen LogP contribution in [0.4, 0.5) is 0 Å². The van der Waals surface area contributed by atoms with Gasteiger partial charge in [0.2, 0.25) is 5.91 Å². The molecule has 1 aliphatic carbocycles. The highest BCUT2D eigenvalue weighted by Crippen LogP contribution is 2.27. The Morgan fingerprint density at radius 2 is 1.59 bits per heavy atom. The van der Waals surface area contributed by atoms with E-state index in [0.29, 0.717) is 31.6 Å². The van der Waals surface area contributed by atoms with Gasteiger partial charge in [-0.15, -0.1) is 0 Å². The highest BCUT2D eigenvalue weighted by atomic mass is 16.5. The van der Waals surface area contributed by atoms with E-state index in [1.54, 1.807) is 19.2 Å². The highest BCUT2D eigenvalue weighted by molar-refractivity contribution is 5.94. The van der Waals surface area contributed by atoms with E-state index in [0.717, 1.165) is 31.1 Å². The van der Waals surface area contributed by atoms with Crippen LogP contribution < -0.4 is 4.74 Å². The Labute approximate surface area is 162 Å². The van der Waals surface area contributed by atoms with Gasteiger partial charge in [0.25, 0.3) is 5.91 Å². The maximum absolute atomic E-state index is 12.7. The molecule has 1 aromatic carbocycles. The first-order valence-electron chi connectivity index (χ1n) is 10.4. The summed E-state index contributed by atoms with van der Waals surface area (Å²) in [5, 5.41) is 0. The molecule has 148 valence electrons. The van der Waals surface area contributed by atoms with Gasteiger partial charge in [-0.05, 0) is 43.0 Å². The summed E-state index contributed by atoms with van der Waals surface area (Å²) in [5.74, 6) is 1.79. The lowest BCUT2D eigenvalue weighted by atomic mass is 9.86. The Balaban J connectivity index is 1.48. The van der Waals surface area contributed by atoms with Crippen molar-refractivity contribution in [2.45, 2.75) is 51.4 Å². The van der Waals surface area contributed by atoms with Crippen molar-refractivity contribution in [3.05, 3.63) is 29.8 Å². The average molecular weight is 373 g/mol. The van der Waals surface area contributed by atoms with Crippen molar-refractivity contribution >= 4 is 11.8 Å². The molecule has 0 bridgehead atoms. The Bertz CT molecular complexity index is 623. The minimum atomic E-state index is 0.0363. The van der Waals surface area contributed by atoms with Crippen LogP contribution in [0.5, 0.6) is 5.75 Å². The van der Waals surface area contributed by atoms with E-state index >= 15 is 0 Å². The van der Waals surface area contributed by atoms with Crippen molar-refractivity contribution in [1.29, 1.82) is 0 Å². The maximum atomic E-state index is 12.7. The second kappa shape index (κ2) is 9.77. The molecule has 5 heteroatoms. The minimum Gasteiger partial charge on any atom is -0.497 e. The Morgan fingerprint density at radius 3 is 2.30 bits per heavy atom. The fourth-order valence-corrected chi connectivity index (χ4v) is 4.25. The Morgan fingerprint density at radius 1 is 0.926 bits per heavy atom. The molecule has 0 radical (unpaired) electrons. The summed E-state index contributed by atoms with van der Waals surface area (Å²) in [4.78, 5) is 29.2. The summed E-state index contributed by atoms with van der Waals surface area (Å²) in [7, 11) is 1.62. The van der Waals surface area contributed by atoms with Crippen molar-refractivity contribution in [2.24, 2.45) is 5.92 Å². The van der Waals surface area contributed by atoms with Crippen LogP contribution in [0.1, 0.15) is 61.7 Å². The Hall–Kier alpha value is -2.04. The summed E-state index contributed by atoms with van der Waals surface area (Å²) >= 11 is 0. The molecular weight excluding hydrogens is 340 g/mol. The quantitative estimate of drug-likeness (QED) is 0.791. The second-order valence-corrected chi connectivity index (χ2v) is 7.80. The van der Waals surface area contributed by atoms with E-state index in [-0.39, 0.29) is 11.8 Å². The number of rotatable bonds is 5. The molecule has 1 aliphatic heterocycles. The fraction of sp³-hybridized carbons (Fsp3) is 0.636. The van der Waals surface area contributed by atoms with E-state index in [4.69, 9.17) is 4.74 Å². The van der Waals surface area contributed by atoms with Gasteiger partial charge >= 0.3 is 0 Å². The number of nitrogens with zero attached hydrogens (tertiary/aromatic N) is 2. The lowest BCUT2D eigenvalue weighted by molar-refractivity contribution is -0.131. The van der Waals surface area contributed by atoms with Crippen LogP contribution in [-0.4, -0.2) is 54.9 Å². The van der Waals surface area contributed by atoms with Gasteiger partial charge in [-0.25, -0.2) is 0 Å². The molecule has 2 fully saturated rings. The van der Waals surface area contributed by atoms with Crippen LogP contribution in [0.25, 0.3) is 0 Å². The van der Waals surface area contributed by atoms with Gasteiger partial charge < -0.3 is 14.5 Å². The van der Waals surface area contributed by atoms with Gasteiger partial charge in [0.15, 0.2) is 0 Å². The van der Waals surface area contributed by atoms with Crippen LogP contribution in [0, 0.1) is 5.92 Å². The number of methoxy groups -OCH3 is 1.